The summed E-state index contributed by atoms with van der Waals surface area (Å²) >= 11 is 0. The van der Waals surface area contributed by atoms with Gasteiger partial charge in [0.1, 0.15) is 0 Å². The van der Waals surface area contributed by atoms with Gasteiger partial charge in [-0.3, -0.25) is 0 Å². The Morgan fingerprint density at radius 3 is 2.33 bits per heavy atom. The molecule has 3 rings (SSSR count). The van der Waals surface area contributed by atoms with Gasteiger partial charge in [-0.2, -0.15) is 5.26 Å². The van der Waals surface area contributed by atoms with Crippen LogP contribution in [0.1, 0.15) is 24.8 Å². The highest BCUT2D eigenvalue weighted by Gasteiger charge is 2.36. The minimum atomic E-state index is -3.25. The Hall–Kier alpha value is -1.38. The Bertz CT molecular complexity index is 634. The number of hydrogen-bond acceptors (Lipinski definition) is 4. The summed E-state index contributed by atoms with van der Waals surface area (Å²) in [6, 6.07) is 8.20. The summed E-state index contributed by atoms with van der Waals surface area (Å²) in [4.78, 5) is 2.62. The molecule has 0 N–H and O–H groups in total. The molecule has 1 saturated heterocycles. The van der Waals surface area contributed by atoms with Gasteiger partial charge in [-0.05, 0) is 48.9 Å². The van der Waals surface area contributed by atoms with Crippen molar-refractivity contribution in [3.05, 3.63) is 29.8 Å². The van der Waals surface area contributed by atoms with E-state index in [1.165, 1.54) is 31.4 Å². The molecule has 1 aliphatic carbocycles. The van der Waals surface area contributed by atoms with E-state index in [0.717, 1.165) is 24.9 Å². The molecular formula is C16H20N2O2S. The summed E-state index contributed by atoms with van der Waals surface area (Å²) < 4.78 is 24.7. The van der Waals surface area contributed by atoms with E-state index in [1.807, 2.05) is 6.07 Å². The quantitative estimate of drug-likeness (QED) is 0.854. The molecule has 2 atom stereocenters. The standard InChI is InChI=1S/C16H20N2O2S/c17-10-13-4-6-16(7-5-13)21(19,20)9-8-18-11-14-2-1-3-15(14)12-18/h4-7,14-15H,1-3,8-9,11-12H2. The molecule has 0 amide bonds. The van der Waals surface area contributed by atoms with E-state index < -0.39 is 9.84 Å². The van der Waals surface area contributed by atoms with E-state index in [-0.39, 0.29) is 5.75 Å². The average molecular weight is 304 g/mol. The third-order valence-corrected chi connectivity index (χ3v) is 6.53. The predicted molar refractivity (Wildman–Crippen MR) is 80.5 cm³/mol. The lowest BCUT2D eigenvalue weighted by Gasteiger charge is -2.16. The maximum Gasteiger partial charge on any atom is 0.179 e. The molecule has 1 aliphatic heterocycles. The highest BCUT2D eigenvalue weighted by Crippen LogP contribution is 2.37. The molecule has 5 heteroatoms. The Labute approximate surface area is 126 Å². The molecule has 1 aromatic rings. The molecule has 2 fully saturated rings. The highest BCUT2D eigenvalue weighted by molar-refractivity contribution is 7.91. The van der Waals surface area contributed by atoms with Gasteiger partial charge in [0, 0.05) is 19.6 Å². The second kappa shape index (κ2) is 5.78. The first kappa shape index (κ1) is 14.6. The van der Waals surface area contributed by atoms with Crippen LogP contribution in [0.5, 0.6) is 0 Å². The summed E-state index contributed by atoms with van der Waals surface area (Å²) in [6.45, 7) is 2.75. The van der Waals surface area contributed by atoms with Crippen LogP contribution in [-0.4, -0.2) is 38.7 Å². The second-order valence-electron chi connectivity index (χ2n) is 6.17. The molecule has 0 radical (unpaired) electrons. The van der Waals surface area contributed by atoms with Gasteiger partial charge in [0.25, 0.3) is 0 Å². The van der Waals surface area contributed by atoms with Crippen molar-refractivity contribution in [2.75, 3.05) is 25.4 Å². The Morgan fingerprint density at radius 2 is 1.76 bits per heavy atom. The van der Waals surface area contributed by atoms with Gasteiger partial charge in [0.05, 0.1) is 22.3 Å². The van der Waals surface area contributed by atoms with Crippen molar-refractivity contribution in [1.29, 1.82) is 5.26 Å². The fraction of sp³-hybridized carbons (Fsp3) is 0.562. The maximum absolute atomic E-state index is 12.3. The summed E-state index contributed by atoms with van der Waals surface area (Å²) in [7, 11) is -3.25. The molecule has 112 valence electrons. The molecular weight excluding hydrogens is 284 g/mol. The van der Waals surface area contributed by atoms with Gasteiger partial charge in [-0.1, -0.05) is 6.42 Å². The molecule has 4 nitrogen and oxygen atoms in total. The van der Waals surface area contributed by atoms with Crippen LogP contribution in [0.4, 0.5) is 0 Å². The Kier molecular flexibility index (Phi) is 4.01. The van der Waals surface area contributed by atoms with Crippen LogP contribution in [0.2, 0.25) is 0 Å². The van der Waals surface area contributed by atoms with E-state index in [4.69, 9.17) is 5.26 Å². The largest absolute Gasteiger partial charge is 0.302 e. The van der Waals surface area contributed by atoms with Crippen molar-refractivity contribution in [3.8, 4) is 6.07 Å². The molecule has 21 heavy (non-hydrogen) atoms. The number of nitrogens with zero attached hydrogens (tertiary/aromatic N) is 2. The molecule has 0 spiro atoms. The van der Waals surface area contributed by atoms with Gasteiger partial charge in [-0.25, -0.2) is 8.42 Å². The summed E-state index contributed by atoms with van der Waals surface area (Å²) in [5, 5.41) is 8.75. The minimum absolute atomic E-state index is 0.165. The van der Waals surface area contributed by atoms with E-state index >= 15 is 0 Å². The van der Waals surface area contributed by atoms with E-state index in [1.54, 1.807) is 12.1 Å². The number of rotatable bonds is 4. The Morgan fingerprint density at radius 1 is 1.14 bits per heavy atom. The number of nitriles is 1. The number of fused-ring (bicyclic) bond motifs is 1. The van der Waals surface area contributed by atoms with Crippen LogP contribution in [0.15, 0.2) is 29.2 Å². The molecule has 0 bridgehead atoms. The number of sulfone groups is 1. The normalized spacial score (nSPS) is 25.7. The SMILES string of the molecule is N#Cc1ccc(S(=O)(=O)CCN2CC3CCCC3C2)cc1. The lowest BCUT2D eigenvalue weighted by atomic mass is 10.0. The van der Waals surface area contributed by atoms with Crippen molar-refractivity contribution in [3.63, 3.8) is 0 Å². The molecule has 0 aromatic heterocycles. The van der Waals surface area contributed by atoms with Crippen molar-refractivity contribution < 1.29 is 8.42 Å². The summed E-state index contributed by atoms with van der Waals surface area (Å²) in [5.41, 5.74) is 0.487. The number of likely N-dealkylation sites (tertiary alicyclic amines) is 1. The topological polar surface area (TPSA) is 61.2 Å². The first-order valence-electron chi connectivity index (χ1n) is 7.54. The van der Waals surface area contributed by atoms with Crippen molar-refractivity contribution in [2.24, 2.45) is 11.8 Å². The average Bonchev–Trinajstić information content (AvgIpc) is 3.06. The van der Waals surface area contributed by atoms with Crippen LogP contribution < -0.4 is 0 Å². The van der Waals surface area contributed by atoms with E-state index in [9.17, 15) is 8.42 Å². The van der Waals surface area contributed by atoms with Gasteiger partial charge >= 0.3 is 0 Å². The summed E-state index contributed by atoms with van der Waals surface area (Å²) in [6.07, 6.45) is 3.96. The van der Waals surface area contributed by atoms with Crippen LogP contribution in [-0.2, 0) is 9.84 Å². The van der Waals surface area contributed by atoms with E-state index in [2.05, 4.69) is 4.90 Å². The van der Waals surface area contributed by atoms with Gasteiger partial charge in [0.15, 0.2) is 9.84 Å². The fourth-order valence-corrected chi connectivity index (χ4v) is 4.90. The third kappa shape index (κ3) is 3.12. The van der Waals surface area contributed by atoms with Gasteiger partial charge in [-0.15, -0.1) is 0 Å². The maximum atomic E-state index is 12.3. The zero-order chi connectivity index (χ0) is 14.9. The molecule has 2 aliphatic rings. The number of benzene rings is 1. The fourth-order valence-electron chi connectivity index (χ4n) is 3.62. The Balaban J connectivity index is 1.60. The smallest absolute Gasteiger partial charge is 0.179 e. The lowest BCUT2D eigenvalue weighted by molar-refractivity contribution is 0.328. The number of hydrogen-bond donors (Lipinski definition) is 0. The van der Waals surface area contributed by atoms with Crippen molar-refractivity contribution >= 4 is 9.84 Å². The highest BCUT2D eigenvalue weighted by atomic mass is 32.2. The molecule has 1 heterocycles. The van der Waals surface area contributed by atoms with Gasteiger partial charge < -0.3 is 4.90 Å². The van der Waals surface area contributed by atoms with Crippen LogP contribution in [0, 0.1) is 23.2 Å². The van der Waals surface area contributed by atoms with Crippen molar-refractivity contribution in [2.45, 2.75) is 24.2 Å². The zero-order valence-electron chi connectivity index (χ0n) is 12.0. The van der Waals surface area contributed by atoms with Gasteiger partial charge in [0.2, 0.25) is 0 Å². The molecule has 2 unspecified atom stereocenters. The van der Waals surface area contributed by atoms with Crippen LogP contribution in [0.25, 0.3) is 0 Å². The minimum Gasteiger partial charge on any atom is -0.302 e. The van der Waals surface area contributed by atoms with Crippen molar-refractivity contribution in [1.82, 2.24) is 4.90 Å². The predicted octanol–water partition coefficient (Wildman–Crippen LogP) is 2.06. The third-order valence-electron chi connectivity index (χ3n) is 4.82. The zero-order valence-corrected chi connectivity index (χ0v) is 12.8. The van der Waals surface area contributed by atoms with E-state index in [0.29, 0.717) is 17.0 Å². The lowest BCUT2D eigenvalue weighted by Crippen LogP contribution is -2.28. The molecule has 1 aromatic carbocycles. The monoisotopic (exact) mass is 304 g/mol. The second-order valence-corrected chi connectivity index (χ2v) is 8.27. The van der Waals surface area contributed by atoms with Crippen LogP contribution in [0.3, 0.4) is 0 Å². The van der Waals surface area contributed by atoms with Crippen LogP contribution >= 0.6 is 0 Å². The summed E-state index contributed by atoms with van der Waals surface area (Å²) in [5.74, 6) is 1.75. The molecule has 1 saturated carbocycles. The first-order valence-corrected chi connectivity index (χ1v) is 9.19. The first-order chi connectivity index (χ1) is 10.1.